The van der Waals surface area contributed by atoms with Crippen LogP contribution in [0.1, 0.15) is 16.7 Å². The third-order valence-electron chi connectivity index (χ3n) is 2.97. The predicted molar refractivity (Wildman–Crippen MR) is 76.0 cm³/mol. The molecule has 0 heterocycles. The van der Waals surface area contributed by atoms with Crippen LogP contribution in [-0.2, 0) is 6.18 Å². The molecule has 0 spiro atoms. The van der Waals surface area contributed by atoms with E-state index in [1.54, 1.807) is 12.1 Å². The maximum absolute atomic E-state index is 12.7. The smallest absolute Gasteiger partial charge is 0.355 e. The zero-order valence-electron chi connectivity index (χ0n) is 11.0. The summed E-state index contributed by atoms with van der Waals surface area (Å²) in [4.78, 5) is 0. The fraction of sp³-hybridized carbons (Fsp3) is 0.125. The number of hydrogen-bond acceptors (Lipinski definition) is 1. The van der Waals surface area contributed by atoms with Crippen molar-refractivity contribution in [1.29, 1.82) is 0 Å². The van der Waals surface area contributed by atoms with E-state index in [-0.39, 0.29) is 0 Å². The molecular formula is C16H14F3N. The third-order valence-corrected chi connectivity index (χ3v) is 2.97. The predicted octanol–water partition coefficient (Wildman–Crippen LogP) is 5.40. The maximum Gasteiger partial charge on any atom is 0.416 e. The molecule has 1 nitrogen and oxygen atoms in total. The van der Waals surface area contributed by atoms with Gasteiger partial charge in [0, 0.05) is 11.4 Å². The number of rotatable bonds is 3. The Labute approximate surface area is 115 Å². The highest BCUT2D eigenvalue weighted by Gasteiger charge is 2.30. The van der Waals surface area contributed by atoms with Crippen LogP contribution in [0.25, 0.3) is 6.08 Å². The van der Waals surface area contributed by atoms with Crippen molar-refractivity contribution >= 4 is 17.5 Å². The van der Waals surface area contributed by atoms with Crippen LogP contribution >= 0.6 is 0 Å². The summed E-state index contributed by atoms with van der Waals surface area (Å²) < 4.78 is 38.0. The maximum atomic E-state index is 12.7. The van der Waals surface area contributed by atoms with Gasteiger partial charge in [0.2, 0.25) is 0 Å². The fourth-order valence-electron chi connectivity index (χ4n) is 1.83. The minimum atomic E-state index is -4.34. The average molecular weight is 277 g/mol. The van der Waals surface area contributed by atoms with E-state index in [9.17, 15) is 13.2 Å². The molecule has 0 atom stereocenters. The van der Waals surface area contributed by atoms with E-state index in [4.69, 9.17) is 0 Å². The van der Waals surface area contributed by atoms with Gasteiger partial charge in [-0.05, 0) is 42.3 Å². The van der Waals surface area contributed by atoms with Gasteiger partial charge in [0.15, 0.2) is 0 Å². The molecule has 0 amide bonds. The molecule has 4 heteroatoms. The zero-order chi connectivity index (χ0) is 14.8. The van der Waals surface area contributed by atoms with Crippen LogP contribution in [0.4, 0.5) is 24.5 Å². The van der Waals surface area contributed by atoms with Crippen LogP contribution < -0.4 is 5.32 Å². The summed E-state index contributed by atoms with van der Waals surface area (Å²) in [6.07, 6.45) is -2.65. The monoisotopic (exact) mass is 277 g/mol. The van der Waals surface area contributed by atoms with Gasteiger partial charge >= 0.3 is 6.18 Å². The summed E-state index contributed by atoms with van der Waals surface area (Å²) in [5, 5.41) is 3.01. The van der Waals surface area contributed by atoms with E-state index in [0.717, 1.165) is 28.9 Å². The molecule has 0 aliphatic heterocycles. The molecule has 0 saturated carbocycles. The Hall–Kier alpha value is -2.23. The summed E-state index contributed by atoms with van der Waals surface area (Å²) in [5.41, 5.74) is 2.36. The zero-order valence-corrected chi connectivity index (χ0v) is 11.0. The lowest BCUT2D eigenvalue weighted by atomic mass is 10.1. The fourth-order valence-corrected chi connectivity index (χ4v) is 1.83. The van der Waals surface area contributed by atoms with Crippen molar-refractivity contribution in [2.45, 2.75) is 13.1 Å². The normalized spacial score (nSPS) is 11.2. The minimum absolute atomic E-state index is 0.407. The van der Waals surface area contributed by atoms with Crippen molar-refractivity contribution in [3.63, 3.8) is 0 Å². The molecule has 0 aliphatic carbocycles. The van der Waals surface area contributed by atoms with Crippen LogP contribution in [0, 0.1) is 6.92 Å². The molecule has 0 unspecified atom stereocenters. The van der Waals surface area contributed by atoms with Crippen molar-refractivity contribution < 1.29 is 13.2 Å². The first-order valence-corrected chi connectivity index (χ1v) is 6.07. The van der Waals surface area contributed by atoms with Crippen LogP contribution in [0.15, 0.2) is 49.0 Å². The van der Waals surface area contributed by atoms with Crippen molar-refractivity contribution in [2.75, 3.05) is 5.32 Å². The largest absolute Gasteiger partial charge is 0.416 e. The molecule has 0 aliphatic rings. The second kappa shape index (κ2) is 5.41. The Morgan fingerprint density at radius 1 is 1.10 bits per heavy atom. The third kappa shape index (κ3) is 3.20. The van der Waals surface area contributed by atoms with E-state index in [1.165, 1.54) is 6.07 Å². The van der Waals surface area contributed by atoms with Gasteiger partial charge in [-0.25, -0.2) is 0 Å². The van der Waals surface area contributed by atoms with Crippen LogP contribution in [0.3, 0.4) is 0 Å². The molecule has 2 aromatic rings. The van der Waals surface area contributed by atoms with Crippen LogP contribution in [0.2, 0.25) is 0 Å². The van der Waals surface area contributed by atoms with Gasteiger partial charge < -0.3 is 5.32 Å². The molecule has 0 aromatic heterocycles. The average Bonchev–Trinajstić information content (AvgIpc) is 2.41. The highest BCUT2D eigenvalue weighted by atomic mass is 19.4. The van der Waals surface area contributed by atoms with E-state index in [1.807, 2.05) is 25.1 Å². The van der Waals surface area contributed by atoms with Gasteiger partial charge in [0.05, 0.1) is 5.56 Å². The number of aryl methyl sites for hydroxylation is 1. The van der Waals surface area contributed by atoms with Gasteiger partial charge in [-0.15, -0.1) is 0 Å². The lowest BCUT2D eigenvalue weighted by Crippen LogP contribution is -2.05. The van der Waals surface area contributed by atoms with Gasteiger partial charge in [0.1, 0.15) is 0 Å². The van der Waals surface area contributed by atoms with Crippen molar-refractivity contribution in [3.8, 4) is 0 Å². The molecule has 2 rings (SSSR count). The molecular weight excluding hydrogens is 263 g/mol. The molecule has 2 aromatic carbocycles. The molecule has 0 saturated heterocycles. The highest BCUT2D eigenvalue weighted by Crippen LogP contribution is 2.32. The Bertz CT molecular complexity index is 630. The van der Waals surface area contributed by atoms with Gasteiger partial charge in [-0.3, -0.25) is 0 Å². The van der Waals surface area contributed by atoms with Gasteiger partial charge in [-0.1, -0.05) is 30.9 Å². The Balaban J connectivity index is 2.33. The SMILES string of the molecule is C=Cc1ccc(C)c(Nc2cccc(C(F)(F)F)c2)c1. The van der Waals surface area contributed by atoms with Crippen molar-refractivity contribution in [2.24, 2.45) is 0 Å². The number of alkyl halides is 3. The van der Waals surface area contributed by atoms with Crippen molar-refractivity contribution in [1.82, 2.24) is 0 Å². The Kier molecular flexibility index (Phi) is 3.84. The first-order valence-electron chi connectivity index (χ1n) is 6.07. The van der Waals surface area contributed by atoms with Crippen LogP contribution in [0.5, 0.6) is 0 Å². The van der Waals surface area contributed by atoms with Gasteiger partial charge in [-0.2, -0.15) is 13.2 Å². The Morgan fingerprint density at radius 3 is 2.50 bits per heavy atom. The lowest BCUT2D eigenvalue weighted by molar-refractivity contribution is -0.137. The summed E-state index contributed by atoms with van der Waals surface area (Å²) in [5.74, 6) is 0. The second-order valence-electron chi connectivity index (χ2n) is 4.48. The number of anilines is 2. The first kappa shape index (κ1) is 14.2. The Morgan fingerprint density at radius 2 is 1.85 bits per heavy atom. The minimum Gasteiger partial charge on any atom is -0.355 e. The van der Waals surface area contributed by atoms with E-state index < -0.39 is 11.7 Å². The summed E-state index contributed by atoms with van der Waals surface area (Å²) in [7, 11) is 0. The molecule has 20 heavy (non-hydrogen) atoms. The standard InChI is InChI=1S/C16H14F3N/c1-3-12-8-7-11(2)15(9-12)20-14-6-4-5-13(10-14)16(17,18)19/h3-10,20H,1H2,2H3. The summed E-state index contributed by atoms with van der Waals surface area (Å²) in [6, 6.07) is 10.8. The van der Waals surface area contributed by atoms with Crippen molar-refractivity contribution in [3.05, 3.63) is 65.7 Å². The number of hydrogen-bond donors (Lipinski definition) is 1. The molecule has 0 fully saturated rings. The van der Waals surface area contributed by atoms with Crippen LogP contribution in [-0.4, -0.2) is 0 Å². The number of nitrogens with one attached hydrogen (secondary N) is 1. The summed E-state index contributed by atoms with van der Waals surface area (Å²) >= 11 is 0. The molecule has 1 N–H and O–H groups in total. The van der Waals surface area contributed by atoms with Gasteiger partial charge in [0.25, 0.3) is 0 Å². The topological polar surface area (TPSA) is 12.0 Å². The lowest BCUT2D eigenvalue weighted by Gasteiger charge is -2.13. The number of benzene rings is 2. The van der Waals surface area contributed by atoms with E-state index in [0.29, 0.717) is 5.69 Å². The van der Waals surface area contributed by atoms with E-state index >= 15 is 0 Å². The quantitative estimate of drug-likeness (QED) is 0.792. The first-order chi connectivity index (χ1) is 9.40. The number of halogens is 3. The summed E-state index contributed by atoms with van der Waals surface area (Å²) in [6.45, 7) is 5.57. The molecule has 0 radical (unpaired) electrons. The molecule has 0 bridgehead atoms. The second-order valence-corrected chi connectivity index (χ2v) is 4.48. The van der Waals surface area contributed by atoms with E-state index in [2.05, 4.69) is 11.9 Å². The highest BCUT2D eigenvalue weighted by molar-refractivity contribution is 5.67. The molecule has 104 valence electrons.